The summed E-state index contributed by atoms with van der Waals surface area (Å²) >= 11 is 0. The number of carbonyl (C=O) groups is 1. The number of hydrazine groups is 1. The summed E-state index contributed by atoms with van der Waals surface area (Å²) in [5.41, 5.74) is 2.55. The summed E-state index contributed by atoms with van der Waals surface area (Å²) in [6.07, 6.45) is 0. The minimum absolute atomic E-state index is 0.0350. The zero-order valence-corrected chi connectivity index (χ0v) is 10.8. The predicted octanol–water partition coefficient (Wildman–Crippen LogP) is -0.716. The summed E-state index contributed by atoms with van der Waals surface area (Å²) in [6.45, 7) is 4.79. The lowest BCUT2D eigenvalue weighted by atomic mass is 10.2. The number of nitrogen functional groups attached to an aromatic ring is 1. The number of fused-ring (bicyclic) bond motifs is 1. The van der Waals surface area contributed by atoms with Crippen LogP contribution in [0.5, 0.6) is 0 Å². The van der Waals surface area contributed by atoms with Crippen LogP contribution in [0.15, 0.2) is 6.07 Å². The third-order valence-electron chi connectivity index (χ3n) is 3.53. The molecule has 0 aliphatic carbocycles. The van der Waals surface area contributed by atoms with Crippen LogP contribution in [0.4, 0.5) is 16.4 Å². The number of hydrogen-bond acceptors (Lipinski definition) is 6. The standard InChI is InChI=1S/C11H17N7O/c1-7-14-9(16-12)4-10(15-7)17-2-3-18-8(6-17)5-13-11(18)19/h4,8H,2-3,5-6,12H2,1H3,(H,13,19)(H,14,15,16). The Morgan fingerprint density at radius 3 is 3.11 bits per heavy atom. The number of urea groups is 1. The molecule has 0 aromatic carbocycles. The van der Waals surface area contributed by atoms with Crippen LogP contribution in [0.25, 0.3) is 0 Å². The van der Waals surface area contributed by atoms with Gasteiger partial charge >= 0.3 is 6.03 Å². The SMILES string of the molecule is Cc1nc(NN)cc(N2CCN3C(=O)NCC3C2)n1. The van der Waals surface area contributed by atoms with Gasteiger partial charge in [-0.3, -0.25) is 0 Å². The topological polar surface area (TPSA) is 99.4 Å². The number of hydrogen-bond donors (Lipinski definition) is 3. The van der Waals surface area contributed by atoms with E-state index in [1.165, 1.54) is 0 Å². The number of aromatic nitrogens is 2. The molecule has 2 saturated heterocycles. The molecule has 2 aliphatic rings. The zero-order valence-electron chi connectivity index (χ0n) is 10.8. The Labute approximate surface area is 111 Å². The van der Waals surface area contributed by atoms with E-state index in [-0.39, 0.29) is 12.1 Å². The summed E-state index contributed by atoms with van der Waals surface area (Å²) in [7, 11) is 0. The predicted molar refractivity (Wildman–Crippen MR) is 70.7 cm³/mol. The Kier molecular flexibility index (Phi) is 2.86. The van der Waals surface area contributed by atoms with Gasteiger partial charge in [0, 0.05) is 32.2 Å². The Hall–Kier alpha value is -2.09. The van der Waals surface area contributed by atoms with Gasteiger partial charge in [-0.15, -0.1) is 0 Å². The van der Waals surface area contributed by atoms with Crippen LogP contribution in [0.1, 0.15) is 5.82 Å². The molecule has 1 aromatic rings. The van der Waals surface area contributed by atoms with E-state index in [9.17, 15) is 4.79 Å². The van der Waals surface area contributed by atoms with Crippen LogP contribution < -0.4 is 21.5 Å². The molecule has 3 heterocycles. The Morgan fingerprint density at radius 1 is 1.47 bits per heavy atom. The van der Waals surface area contributed by atoms with E-state index in [1.54, 1.807) is 0 Å². The second-order valence-electron chi connectivity index (χ2n) is 4.78. The minimum atomic E-state index is 0.0350. The highest BCUT2D eigenvalue weighted by atomic mass is 16.2. The summed E-state index contributed by atoms with van der Waals surface area (Å²) in [6, 6.07) is 2.07. The van der Waals surface area contributed by atoms with Crippen molar-refractivity contribution in [3.05, 3.63) is 11.9 Å². The van der Waals surface area contributed by atoms with Crippen molar-refractivity contribution in [2.24, 2.45) is 5.84 Å². The first-order valence-corrected chi connectivity index (χ1v) is 6.29. The molecule has 1 unspecified atom stereocenters. The lowest BCUT2D eigenvalue weighted by molar-refractivity contribution is 0.197. The number of nitrogens with two attached hydrogens (primary N) is 1. The van der Waals surface area contributed by atoms with Crippen molar-refractivity contribution in [2.45, 2.75) is 13.0 Å². The van der Waals surface area contributed by atoms with E-state index in [1.807, 2.05) is 17.9 Å². The maximum absolute atomic E-state index is 11.6. The second-order valence-corrected chi connectivity index (χ2v) is 4.78. The first kappa shape index (κ1) is 12.0. The number of piperazine rings is 1. The Bertz CT molecular complexity index is 506. The van der Waals surface area contributed by atoms with E-state index in [4.69, 9.17) is 5.84 Å². The van der Waals surface area contributed by atoms with Gasteiger partial charge in [-0.1, -0.05) is 0 Å². The van der Waals surface area contributed by atoms with Crippen LogP contribution >= 0.6 is 0 Å². The molecule has 0 bridgehead atoms. The second kappa shape index (κ2) is 4.54. The summed E-state index contributed by atoms with van der Waals surface area (Å²) in [4.78, 5) is 24.2. The summed E-state index contributed by atoms with van der Waals surface area (Å²) < 4.78 is 0. The quantitative estimate of drug-likeness (QED) is 0.481. The molecule has 1 aromatic heterocycles. The fraction of sp³-hybridized carbons (Fsp3) is 0.545. The van der Waals surface area contributed by atoms with Gasteiger partial charge in [-0.2, -0.15) is 0 Å². The number of carbonyl (C=O) groups excluding carboxylic acids is 1. The largest absolute Gasteiger partial charge is 0.353 e. The average molecular weight is 263 g/mol. The molecule has 0 radical (unpaired) electrons. The lowest BCUT2D eigenvalue weighted by Crippen LogP contribution is -2.52. The van der Waals surface area contributed by atoms with E-state index < -0.39 is 0 Å². The van der Waals surface area contributed by atoms with Crippen molar-refractivity contribution in [1.82, 2.24) is 20.2 Å². The van der Waals surface area contributed by atoms with Crippen molar-refractivity contribution >= 4 is 17.7 Å². The van der Waals surface area contributed by atoms with Gasteiger partial charge in [-0.05, 0) is 6.92 Å². The molecule has 1 atom stereocenters. The third-order valence-corrected chi connectivity index (χ3v) is 3.53. The number of nitrogens with zero attached hydrogens (tertiary/aromatic N) is 4. The highest BCUT2D eigenvalue weighted by Crippen LogP contribution is 2.21. The normalized spacial score (nSPS) is 22.2. The average Bonchev–Trinajstić information content (AvgIpc) is 2.79. The highest BCUT2D eigenvalue weighted by molar-refractivity contribution is 5.77. The van der Waals surface area contributed by atoms with Gasteiger partial charge in [-0.25, -0.2) is 20.6 Å². The number of anilines is 2. The Balaban J connectivity index is 1.80. The first-order valence-electron chi connectivity index (χ1n) is 6.29. The van der Waals surface area contributed by atoms with Crippen LogP contribution in [0.2, 0.25) is 0 Å². The molecule has 0 saturated carbocycles. The maximum Gasteiger partial charge on any atom is 0.317 e. The van der Waals surface area contributed by atoms with Crippen LogP contribution in [0, 0.1) is 6.92 Å². The lowest BCUT2D eigenvalue weighted by Gasteiger charge is -2.37. The third kappa shape index (κ3) is 2.14. The number of amides is 2. The molecule has 3 rings (SSSR count). The molecule has 2 fully saturated rings. The molecule has 2 amide bonds. The fourth-order valence-corrected chi connectivity index (χ4v) is 2.60. The molecule has 8 nitrogen and oxygen atoms in total. The molecule has 2 aliphatic heterocycles. The number of rotatable bonds is 2. The zero-order chi connectivity index (χ0) is 13.4. The number of aryl methyl sites for hydroxylation is 1. The van der Waals surface area contributed by atoms with Gasteiger partial charge in [0.05, 0.1) is 6.04 Å². The van der Waals surface area contributed by atoms with E-state index in [2.05, 4.69) is 25.6 Å². The molecule has 0 spiro atoms. The van der Waals surface area contributed by atoms with Gasteiger partial charge in [0.25, 0.3) is 0 Å². The maximum atomic E-state index is 11.6. The van der Waals surface area contributed by atoms with Crippen LogP contribution in [-0.4, -0.2) is 53.1 Å². The fourth-order valence-electron chi connectivity index (χ4n) is 2.60. The first-order chi connectivity index (χ1) is 9.17. The highest BCUT2D eigenvalue weighted by Gasteiger charge is 2.35. The molecule has 19 heavy (non-hydrogen) atoms. The Morgan fingerprint density at radius 2 is 2.32 bits per heavy atom. The van der Waals surface area contributed by atoms with Crippen LogP contribution in [0.3, 0.4) is 0 Å². The van der Waals surface area contributed by atoms with Gasteiger partial charge < -0.3 is 20.5 Å². The van der Waals surface area contributed by atoms with E-state index >= 15 is 0 Å². The monoisotopic (exact) mass is 263 g/mol. The molecule has 102 valence electrons. The van der Waals surface area contributed by atoms with Crippen LogP contribution in [-0.2, 0) is 0 Å². The van der Waals surface area contributed by atoms with Gasteiger partial charge in [0.15, 0.2) is 0 Å². The summed E-state index contributed by atoms with van der Waals surface area (Å²) in [5.74, 6) is 7.52. The van der Waals surface area contributed by atoms with Crippen molar-refractivity contribution in [3.63, 3.8) is 0 Å². The summed E-state index contributed by atoms with van der Waals surface area (Å²) in [5, 5.41) is 2.86. The van der Waals surface area contributed by atoms with E-state index in [0.717, 1.165) is 18.9 Å². The minimum Gasteiger partial charge on any atom is -0.353 e. The van der Waals surface area contributed by atoms with Crippen molar-refractivity contribution in [3.8, 4) is 0 Å². The smallest absolute Gasteiger partial charge is 0.317 e. The van der Waals surface area contributed by atoms with E-state index in [0.29, 0.717) is 24.7 Å². The van der Waals surface area contributed by atoms with Crippen molar-refractivity contribution in [1.29, 1.82) is 0 Å². The number of nitrogens with one attached hydrogen (secondary N) is 2. The molecule has 4 N–H and O–H groups in total. The molecule has 8 heteroatoms. The van der Waals surface area contributed by atoms with Crippen molar-refractivity contribution < 1.29 is 4.79 Å². The van der Waals surface area contributed by atoms with Gasteiger partial charge in [0.2, 0.25) is 0 Å². The molecular weight excluding hydrogens is 246 g/mol. The van der Waals surface area contributed by atoms with Gasteiger partial charge in [0.1, 0.15) is 17.5 Å². The van der Waals surface area contributed by atoms with Crippen molar-refractivity contribution in [2.75, 3.05) is 36.5 Å². The molecular formula is C11H17N7O.